The van der Waals surface area contributed by atoms with Crippen molar-refractivity contribution in [1.29, 1.82) is 0 Å². The van der Waals surface area contributed by atoms with E-state index in [9.17, 15) is 0 Å². The average Bonchev–Trinajstić information content (AvgIpc) is 2.21. The van der Waals surface area contributed by atoms with Gasteiger partial charge in [0.2, 0.25) is 0 Å². The molecule has 1 rings (SSSR count). The zero-order valence-electron chi connectivity index (χ0n) is 8.72. The predicted octanol–water partition coefficient (Wildman–Crippen LogP) is 2.42. The molecule has 0 bridgehead atoms. The second kappa shape index (κ2) is 8.72. The Balaban J connectivity index is 0.00000196. The summed E-state index contributed by atoms with van der Waals surface area (Å²) in [5, 5.41) is 0. The third kappa shape index (κ3) is 5.78. The second-order valence-electron chi connectivity index (χ2n) is 3.03. The minimum absolute atomic E-state index is 0. The first-order valence-electron chi connectivity index (χ1n) is 4.75. The molecule has 0 unspecified atom stereocenters. The van der Waals surface area contributed by atoms with Crippen molar-refractivity contribution in [3.05, 3.63) is 36.4 Å². The molecule has 0 saturated heterocycles. The van der Waals surface area contributed by atoms with Crippen molar-refractivity contribution in [2.24, 2.45) is 5.90 Å². The maximum absolute atomic E-state index is 5.38. The van der Waals surface area contributed by atoms with E-state index in [1.54, 1.807) is 0 Å². The number of benzene rings is 1. The second-order valence-corrected chi connectivity index (χ2v) is 3.03. The van der Waals surface area contributed by atoms with E-state index in [1.807, 2.05) is 30.9 Å². The van der Waals surface area contributed by atoms with E-state index >= 15 is 0 Å². The van der Waals surface area contributed by atoms with Crippen LogP contribution in [0, 0.1) is 6.61 Å². The quantitative estimate of drug-likeness (QED) is 0.366. The van der Waals surface area contributed by atoms with Gasteiger partial charge < -0.3 is 4.74 Å². The number of nitrogens with two attached hydrogens (primary N) is 1. The Bertz CT molecular complexity index is 251. The van der Waals surface area contributed by atoms with Crippen molar-refractivity contribution in [3.8, 4) is 5.75 Å². The fourth-order valence-corrected chi connectivity index (χ4v) is 1.03. The summed E-state index contributed by atoms with van der Waals surface area (Å²) in [6.07, 6.45) is 2.06. The number of hydrogen-bond acceptors (Lipinski definition) is 3. The molecule has 4 heteroatoms. The average molecular weight is 253 g/mol. The summed E-state index contributed by atoms with van der Waals surface area (Å²) in [6, 6.07) is 7.67. The van der Waals surface area contributed by atoms with Crippen LogP contribution in [-0.4, -0.2) is 0 Å². The Morgan fingerprint density at radius 2 is 1.93 bits per heavy atom. The van der Waals surface area contributed by atoms with Crippen LogP contribution in [0.5, 0.6) is 5.75 Å². The van der Waals surface area contributed by atoms with Gasteiger partial charge in [0.05, 0.1) is 12.4 Å². The van der Waals surface area contributed by atoms with Gasteiger partial charge in [0.1, 0.15) is 0 Å². The maximum Gasteiger partial charge on any atom is 0.0930 e. The molecule has 2 N–H and O–H groups in total. The SMILES string of the molecule is CCC[CH-]Oc1ccc(CON)cc1.[Ni]. The van der Waals surface area contributed by atoms with Crippen molar-refractivity contribution >= 4 is 0 Å². The molecule has 0 heterocycles. The molecular weight excluding hydrogens is 237 g/mol. The molecule has 0 aliphatic rings. The molecule has 0 amide bonds. The van der Waals surface area contributed by atoms with Crippen LogP contribution >= 0.6 is 0 Å². The van der Waals surface area contributed by atoms with Crippen LogP contribution in [0.3, 0.4) is 0 Å². The molecule has 0 aromatic heterocycles. The van der Waals surface area contributed by atoms with Gasteiger partial charge >= 0.3 is 0 Å². The standard InChI is InChI=1S/C11H16NO2.Ni/c1-2-3-8-13-11-6-4-10(5-7-11)9-14-12;/h4-8H,2-3,9,12H2,1H3;/q-1;. The Hall–Kier alpha value is -0.566. The summed E-state index contributed by atoms with van der Waals surface area (Å²) in [4.78, 5) is 4.52. The summed E-state index contributed by atoms with van der Waals surface area (Å²) in [7, 11) is 0. The molecular formula is C11H16NNiO2-. The van der Waals surface area contributed by atoms with Gasteiger partial charge in [0.15, 0.2) is 0 Å². The fourth-order valence-electron chi connectivity index (χ4n) is 1.03. The monoisotopic (exact) mass is 252 g/mol. The Morgan fingerprint density at radius 1 is 1.27 bits per heavy atom. The molecule has 3 nitrogen and oxygen atoms in total. The van der Waals surface area contributed by atoms with E-state index in [4.69, 9.17) is 10.6 Å². The smallest absolute Gasteiger partial charge is 0.0930 e. The van der Waals surface area contributed by atoms with E-state index in [0.29, 0.717) is 6.61 Å². The fraction of sp³-hybridized carbons (Fsp3) is 0.364. The Morgan fingerprint density at radius 3 is 2.47 bits per heavy atom. The van der Waals surface area contributed by atoms with Crippen LogP contribution in [0.4, 0.5) is 0 Å². The van der Waals surface area contributed by atoms with Gasteiger partial charge in [-0.25, -0.2) is 5.90 Å². The first-order valence-corrected chi connectivity index (χ1v) is 4.75. The first-order chi connectivity index (χ1) is 6.86. The first kappa shape index (κ1) is 14.4. The third-order valence-corrected chi connectivity index (χ3v) is 1.80. The number of hydrogen-bond donors (Lipinski definition) is 1. The molecule has 15 heavy (non-hydrogen) atoms. The van der Waals surface area contributed by atoms with E-state index < -0.39 is 0 Å². The van der Waals surface area contributed by atoms with E-state index in [-0.39, 0.29) is 16.5 Å². The maximum atomic E-state index is 5.38. The molecule has 88 valence electrons. The van der Waals surface area contributed by atoms with Crippen molar-refractivity contribution in [2.75, 3.05) is 0 Å². The van der Waals surface area contributed by atoms with Gasteiger partial charge in [-0.1, -0.05) is 25.5 Å². The van der Waals surface area contributed by atoms with Gasteiger partial charge in [-0.15, -0.1) is 6.42 Å². The number of unbranched alkanes of at least 4 members (excludes halogenated alkanes) is 1. The minimum atomic E-state index is 0. The summed E-state index contributed by atoms with van der Waals surface area (Å²) in [5.74, 6) is 5.81. The zero-order chi connectivity index (χ0) is 10.2. The molecule has 0 radical (unpaired) electrons. The minimum Gasteiger partial charge on any atom is -0.662 e. The van der Waals surface area contributed by atoms with Gasteiger partial charge in [-0.05, 0) is 17.7 Å². The number of rotatable bonds is 6. The summed E-state index contributed by atoms with van der Waals surface area (Å²) < 4.78 is 5.38. The summed E-state index contributed by atoms with van der Waals surface area (Å²) >= 11 is 0. The molecule has 1 aromatic rings. The molecule has 1 aromatic carbocycles. The van der Waals surface area contributed by atoms with Crippen LogP contribution in [-0.2, 0) is 27.9 Å². The molecule has 0 saturated carbocycles. The van der Waals surface area contributed by atoms with Gasteiger partial charge in [-0.2, -0.15) is 6.61 Å². The number of ether oxygens (including phenoxy) is 1. The Kier molecular flexibility index (Phi) is 8.39. The van der Waals surface area contributed by atoms with Gasteiger partial charge in [0, 0.05) is 16.5 Å². The van der Waals surface area contributed by atoms with Crippen molar-refractivity contribution < 1.29 is 26.1 Å². The Labute approximate surface area is 101 Å². The van der Waals surface area contributed by atoms with Crippen LogP contribution in [0.2, 0.25) is 0 Å². The molecule has 0 spiro atoms. The van der Waals surface area contributed by atoms with Crippen molar-refractivity contribution in [1.82, 2.24) is 0 Å². The van der Waals surface area contributed by atoms with Crippen molar-refractivity contribution in [3.63, 3.8) is 0 Å². The normalized spacial score (nSPS) is 9.47. The summed E-state index contributed by atoms with van der Waals surface area (Å²) in [5.41, 5.74) is 1.04. The molecule has 0 atom stereocenters. The molecule has 0 fully saturated rings. The van der Waals surface area contributed by atoms with E-state index in [2.05, 4.69) is 11.8 Å². The largest absolute Gasteiger partial charge is 0.662 e. The predicted molar refractivity (Wildman–Crippen MR) is 55.3 cm³/mol. The summed E-state index contributed by atoms with van der Waals surface area (Å²) in [6.45, 7) is 4.36. The van der Waals surface area contributed by atoms with Crippen LogP contribution in [0.25, 0.3) is 0 Å². The van der Waals surface area contributed by atoms with Crippen LogP contribution < -0.4 is 10.6 Å². The topological polar surface area (TPSA) is 44.5 Å². The molecule has 0 aliphatic carbocycles. The zero-order valence-corrected chi connectivity index (χ0v) is 9.71. The van der Waals surface area contributed by atoms with Crippen molar-refractivity contribution in [2.45, 2.75) is 26.4 Å². The van der Waals surface area contributed by atoms with Gasteiger partial charge in [-0.3, -0.25) is 4.84 Å². The van der Waals surface area contributed by atoms with Crippen LogP contribution in [0.15, 0.2) is 24.3 Å². The third-order valence-electron chi connectivity index (χ3n) is 1.80. The van der Waals surface area contributed by atoms with Crippen LogP contribution in [0.1, 0.15) is 25.3 Å². The van der Waals surface area contributed by atoms with E-state index in [0.717, 1.165) is 24.2 Å². The van der Waals surface area contributed by atoms with Gasteiger partial charge in [0.25, 0.3) is 0 Å². The molecule has 0 aliphatic heterocycles. The van der Waals surface area contributed by atoms with E-state index in [1.165, 1.54) is 0 Å².